The Morgan fingerprint density at radius 3 is 2.79 bits per heavy atom. The predicted octanol–water partition coefficient (Wildman–Crippen LogP) is 4.31. The summed E-state index contributed by atoms with van der Waals surface area (Å²) in [5.41, 5.74) is 4.78. The maximum absolute atomic E-state index is 13.3. The first-order chi connectivity index (χ1) is 13.6. The fourth-order valence-electron chi connectivity index (χ4n) is 3.33. The molecule has 142 valence electrons. The second-order valence-electron chi connectivity index (χ2n) is 7.04. The molecule has 3 aromatic rings. The van der Waals surface area contributed by atoms with E-state index in [-0.39, 0.29) is 11.7 Å². The van der Waals surface area contributed by atoms with Crippen LogP contribution in [0.4, 0.5) is 4.39 Å². The molecule has 2 heterocycles. The van der Waals surface area contributed by atoms with Crippen LogP contribution in [0.25, 0.3) is 0 Å². The molecule has 0 atom stereocenters. The van der Waals surface area contributed by atoms with E-state index in [2.05, 4.69) is 4.98 Å². The fourth-order valence-corrected chi connectivity index (χ4v) is 3.33. The molecule has 5 heteroatoms. The van der Waals surface area contributed by atoms with Crippen molar-refractivity contribution >= 4 is 5.91 Å². The lowest BCUT2D eigenvalue weighted by Crippen LogP contribution is -2.36. The second-order valence-corrected chi connectivity index (χ2v) is 7.04. The highest BCUT2D eigenvalue weighted by Gasteiger charge is 2.22. The third-order valence-corrected chi connectivity index (χ3v) is 4.88. The standard InChI is InChI=1S/C23H21FN2O2/c1-16-5-7-18(8-6-16)23(27)26-10-9-22-19(14-26)11-17(13-25-22)15-28-21-4-2-3-20(24)12-21/h2-8,11-13H,9-10,14-15H2,1H3. The number of pyridine rings is 1. The SMILES string of the molecule is Cc1ccc(C(=O)N2CCc3ncc(COc4cccc(F)c4)cc3C2)cc1. The highest BCUT2D eigenvalue weighted by molar-refractivity contribution is 5.94. The minimum Gasteiger partial charge on any atom is -0.489 e. The van der Waals surface area contributed by atoms with E-state index in [1.165, 1.54) is 12.1 Å². The number of hydrogen-bond donors (Lipinski definition) is 0. The van der Waals surface area contributed by atoms with Crippen LogP contribution < -0.4 is 4.74 Å². The van der Waals surface area contributed by atoms with E-state index in [9.17, 15) is 9.18 Å². The van der Waals surface area contributed by atoms with Gasteiger partial charge in [0.25, 0.3) is 5.91 Å². The number of hydrogen-bond acceptors (Lipinski definition) is 3. The Hall–Kier alpha value is -3.21. The van der Waals surface area contributed by atoms with Crippen LogP contribution >= 0.6 is 0 Å². The summed E-state index contributed by atoms with van der Waals surface area (Å²) in [7, 11) is 0. The lowest BCUT2D eigenvalue weighted by Gasteiger charge is -2.28. The number of aromatic nitrogens is 1. The van der Waals surface area contributed by atoms with Gasteiger partial charge in [0.15, 0.2) is 0 Å². The summed E-state index contributed by atoms with van der Waals surface area (Å²) >= 11 is 0. The summed E-state index contributed by atoms with van der Waals surface area (Å²) in [6.07, 6.45) is 2.52. The first-order valence-electron chi connectivity index (χ1n) is 9.29. The van der Waals surface area contributed by atoms with Crippen molar-refractivity contribution in [1.29, 1.82) is 0 Å². The third-order valence-electron chi connectivity index (χ3n) is 4.88. The van der Waals surface area contributed by atoms with Crippen molar-refractivity contribution in [3.63, 3.8) is 0 Å². The van der Waals surface area contributed by atoms with Gasteiger partial charge in [-0.3, -0.25) is 9.78 Å². The number of halogens is 1. The molecule has 1 aromatic heterocycles. The monoisotopic (exact) mass is 376 g/mol. The van der Waals surface area contributed by atoms with Crippen LogP contribution in [-0.2, 0) is 19.6 Å². The minimum atomic E-state index is -0.327. The van der Waals surface area contributed by atoms with E-state index in [4.69, 9.17) is 4.74 Å². The molecule has 0 spiro atoms. The van der Waals surface area contributed by atoms with Gasteiger partial charge in [-0.1, -0.05) is 23.8 Å². The Kier molecular flexibility index (Phi) is 5.06. The van der Waals surface area contributed by atoms with E-state index in [1.807, 2.05) is 42.2 Å². The molecule has 0 aliphatic carbocycles. The number of nitrogens with zero attached hydrogens (tertiary/aromatic N) is 2. The Labute approximate surface area is 163 Å². The predicted molar refractivity (Wildman–Crippen MR) is 105 cm³/mol. The van der Waals surface area contributed by atoms with Gasteiger partial charge in [-0.05, 0) is 42.8 Å². The molecule has 0 saturated heterocycles. The summed E-state index contributed by atoms with van der Waals surface area (Å²) in [6, 6.07) is 15.7. The summed E-state index contributed by atoms with van der Waals surface area (Å²) in [6.45, 7) is 3.49. The van der Waals surface area contributed by atoms with Crippen molar-refractivity contribution in [3.8, 4) is 5.75 Å². The highest BCUT2D eigenvalue weighted by Crippen LogP contribution is 2.21. The maximum atomic E-state index is 13.3. The van der Waals surface area contributed by atoms with Crippen molar-refractivity contribution in [2.24, 2.45) is 0 Å². The van der Waals surface area contributed by atoms with Crippen LogP contribution in [-0.4, -0.2) is 22.3 Å². The number of fused-ring (bicyclic) bond motifs is 1. The van der Waals surface area contributed by atoms with Gasteiger partial charge in [0.1, 0.15) is 18.2 Å². The van der Waals surface area contributed by atoms with Crippen molar-refractivity contribution < 1.29 is 13.9 Å². The molecule has 4 rings (SSSR count). The topological polar surface area (TPSA) is 42.4 Å². The minimum absolute atomic E-state index is 0.0343. The van der Waals surface area contributed by atoms with Gasteiger partial charge in [0.2, 0.25) is 0 Å². The molecule has 0 fully saturated rings. The zero-order valence-corrected chi connectivity index (χ0v) is 15.7. The van der Waals surface area contributed by atoms with Gasteiger partial charge in [-0.15, -0.1) is 0 Å². The van der Waals surface area contributed by atoms with Crippen molar-refractivity contribution in [3.05, 3.63) is 94.6 Å². The van der Waals surface area contributed by atoms with Gasteiger partial charge in [-0.2, -0.15) is 0 Å². The van der Waals surface area contributed by atoms with Gasteiger partial charge in [0.05, 0.1) is 0 Å². The Bertz CT molecular complexity index is 1000. The molecule has 0 bridgehead atoms. The molecular formula is C23H21FN2O2. The van der Waals surface area contributed by atoms with Gasteiger partial charge in [0, 0.05) is 48.6 Å². The molecule has 1 aliphatic heterocycles. The second kappa shape index (κ2) is 7.80. The number of carbonyl (C=O) groups is 1. The Morgan fingerprint density at radius 1 is 1.18 bits per heavy atom. The number of benzene rings is 2. The molecule has 4 nitrogen and oxygen atoms in total. The van der Waals surface area contributed by atoms with Crippen molar-refractivity contribution in [1.82, 2.24) is 9.88 Å². The quantitative estimate of drug-likeness (QED) is 0.682. The van der Waals surface area contributed by atoms with Crippen molar-refractivity contribution in [2.75, 3.05) is 6.54 Å². The van der Waals surface area contributed by atoms with Gasteiger partial charge in [-0.25, -0.2) is 4.39 Å². The largest absolute Gasteiger partial charge is 0.489 e. The first kappa shape index (κ1) is 18.2. The molecule has 1 aliphatic rings. The molecule has 2 aromatic carbocycles. The number of aryl methyl sites for hydroxylation is 1. The average Bonchev–Trinajstić information content (AvgIpc) is 2.72. The molecular weight excluding hydrogens is 355 g/mol. The average molecular weight is 376 g/mol. The van der Waals surface area contributed by atoms with Gasteiger partial charge < -0.3 is 9.64 Å². The summed E-state index contributed by atoms with van der Waals surface area (Å²) in [5, 5.41) is 0. The molecule has 0 saturated carbocycles. The molecule has 1 amide bonds. The summed E-state index contributed by atoms with van der Waals surface area (Å²) < 4.78 is 18.9. The Morgan fingerprint density at radius 2 is 2.00 bits per heavy atom. The summed E-state index contributed by atoms with van der Waals surface area (Å²) in [4.78, 5) is 19.2. The smallest absolute Gasteiger partial charge is 0.254 e. The van der Waals surface area contributed by atoms with E-state index in [1.54, 1.807) is 18.3 Å². The van der Waals surface area contributed by atoms with Crippen LogP contribution in [0.15, 0.2) is 60.8 Å². The van der Waals surface area contributed by atoms with Gasteiger partial charge >= 0.3 is 0 Å². The van der Waals surface area contributed by atoms with Crippen LogP contribution in [0.3, 0.4) is 0 Å². The van der Waals surface area contributed by atoms with Crippen LogP contribution in [0, 0.1) is 12.7 Å². The first-order valence-corrected chi connectivity index (χ1v) is 9.29. The molecule has 0 N–H and O–H groups in total. The number of carbonyl (C=O) groups excluding carboxylic acids is 1. The van der Waals surface area contributed by atoms with Crippen LogP contribution in [0.2, 0.25) is 0 Å². The number of amides is 1. The lowest BCUT2D eigenvalue weighted by atomic mass is 10.0. The molecule has 0 radical (unpaired) electrons. The zero-order chi connectivity index (χ0) is 19.5. The molecule has 0 unspecified atom stereocenters. The maximum Gasteiger partial charge on any atom is 0.254 e. The summed E-state index contributed by atoms with van der Waals surface area (Å²) in [5.74, 6) is 0.187. The Balaban J connectivity index is 1.46. The zero-order valence-electron chi connectivity index (χ0n) is 15.7. The normalized spacial score (nSPS) is 13.1. The molecule has 28 heavy (non-hydrogen) atoms. The van der Waals surface area contributed by atoms with E-state index >= 15 is 0 Å². The third kappa shape index (κ3) is 4.03. The van der Waals surface area contributed by atoms with Crippen molar-refractivity contribution in [2.45, 2.75) is 26.5 Å². The van der Waals surface area contributed by atoms with Crippen LogP contribution in [0.1, 0.15) is 32.7 Å². The number of ether oxygens (including phenoxy) is 1. The highest BCUT2D eigenvalue weighted by atomic mass is 19.1. The van der Waals surface area contributed by atoms with E-state index < -0.39 is 0 Å². The number of rotatable bonds is 4. The van der Waals surface area contributed by atoms with Crippen LogP contribution in [0.5, 0.6) is 5.75 Å². The van der Waals surface area contributed by atoms with E-state index in [0.29, 0.717) is 31.0 Å². The fraction of sp³-hybridized carbons (Fsp3) is 0.217. The van der Waals surface area contributed by atoms with E-state index in [0.717, 1.165) is 28.8 Å². The lowest BCUT2D eigenvalue weighted by molar-refractivity contribution is 0.0733.